The van der Waals surface area contributed by atoms with Gasteiger partial charge in [-0.3, -0.25) is 0 Å². The standard InChI is InChI=1S/C14H10Cl2/c1-10(11-5-7-13(15)8-6-11)12-3-2-4-14(16)9-12/h2-9H,1H2. The number of hydrogen-bond acceptors (Lipinski definition) is 0. The van der Waals surface area contributed by atoms with Gasteiger partial charge in [0, 0.05) is 10.0 Å². The Bertz CT molecular complexity index is 513. The summed E-state index contributed by atoms with van der Waals surface area (Å²) in [6.07, 6.45) is 0. The van der Waals surface area contributed by atoms with Crippen molar-refractivity contribution in [3.63, 3.8) is 0 Å². The number of benzene rings is 2. The van der Waals surface area contributed by atoms with Gasteiger partial charge in [0.2, 0.25) is 0 Å². The van der Waals surface area contributed by atoms with Crippen LogP contribution in [-0.4, -0.2) is 0 Å². The lowest BCUT2D eigenvalue weighted by Gasteiger charge is -2.06. The van der Waals surface area contributed by atoms with E-state index in [1.807, 2.05) is 48.5 Å². The van der Waals surface area contributed by atoms with Crippen molar-refractivity contribution in [2.75, 3.05) is 0 Å². The molecule has 16 heavy (non-hydrogen) atoms. The highest BCUT2D eigenvalue weighted by atomic mass is 35.5. The summed E-state index contributed by atoms with van der Waals surface area (Å²) in [5.74, 6) is 0. The molecule has 0 N–H and O–H groups in total. The van der Waals surface area contributed by atoms with E-state index in [9.17, 15) is 0 Å². The third kappa shape index (κ3) is 2.46. The van der Waals surface area contributed by atoms with Gasteiger partial charge in [-0.05, 0) is 41.0 Å². The van der Waals surface area contributed by atoms with Gasteiger partial charge in [-0.1, -0.05) is 54.0 Å². The summed E-state index contributed by atoms with van der Waals surface area (Å²) in [4.78, 5) is 0. The van der Waals surface area contributed by atoms with Crippen LogP contribution in [0.4, 0.5) is 0 Å². The summed E-state index contributed by atoms with van der Waals surface area (Å²) in [5, 5.41) is 1.44. The van der Waals surface area contributed by atoms with Crippen LogP contribution in [0.3, 0.4) is 0 Å². The summed E-state index contributed by atoms with van der Waals surface area (Å²) in [5.41, 5.74) is 3.01. The van der Waals surface area contributed by atoms with Crippen molar-refractivity contribution >= 4 is 28.8 Å². The fourth-order valence-corrected chi connectivity index (χ4v) is 1.81. The maximum atomic E-state index is 5.94. The van der Waals surface area contributed by atoms with Gasteiger partial charge in [0.05, 0.1) is 0 Å². The zero-order valence-electron chi connectivity index (χ0n) is 8.58. The molecule has 0 aromatic heterocycles. The number of halogens is 2. The summed E-state index contributed by atoms with van der Waals surface area (Å²) in [7, 11) is 0. The molecule has 2 aromatic rings. The van der Waals surface area contributed by atoms with Crippen LogP contribution in [0.5, 0.6) is 0 Å². The van der Waals surface area contributed by atoms with Gasteiger partial charge in [0.15, 0.2) is 0 Å². The minimum atomic E-state index is 0.715. The Morgan fingerprint density at radius 3 is 2.12 bits per heavy atom. The van der Waals surface area contributed by atoms with Crippen molar-refractivity contribution in [1.29, 1.82) is 0 Å². The molecule has 80 valence electrons. The van der Waals surface area contributed by atoms with Crippen molar-refractivity contribution in [2.45, 2.75) is 0 Å². The molecule has 0 bridgehead atoms. The molecule has 0 saturated heterocycles. The molecule has 0 atom stereocenters. The molecule has 0 saturated carbocycles. The van der Waals surface area contributed by atoms with Crippen LogP contribution >= 0.6 is 23.2 Å². The lowest BCUT2D eigenvalue weighted by atomic mass is 10.00. The van der Waals surface area contributed by atoms with Crippen molar-refractivity contribution in [3.05, 3.63) is 76.3 Å². The molecule has 0 fully saturated rings. The summed E-state index contributed by atoms with van der Waals surface area (Å²) in [6, 6.07) is 15.3. The van der Waals surface area contributed by atoms with E-state index in [-0.39, 0.29) is 0 Å². The van der Waals surface area contributed by atoms with Gasteiger partial charge in [-0.15, -0.1) is 0 Å². The largest absolute Gasteiger partial charge is 0.0906 e. The van der Waals surface area contributed by atoms with Gasteiger partial charge in [-0.2, -0.15) is 0 Å². The van der Waals surface area contributed by atoms with E-state index in [2.05, 4.69) is 6.58 Å². The van der Waals surface area contributed by atoms with Crippen molar-refractivity contribution in [2.24, 2.45) is 0 Å². The van der Waals surface area contributed by atoms with Gasteiger partial charge in [0.1, 0.15) is 0 Å². The van der Waals surface area contributed by atoms with E-state index in [4.69, 9.17) is 23.2 Å². The molecule has 0 aliphatic rings. The molecule has 0 nitrogen and oxygen atoms in total. The van der Waals surface area contributed by atoms with Crippen molar-refractivity contribution < 1.29 is 0 Å². The van der Waals surface area contributed by atoms with E-state index in [0.29, 0.717) is 5.02 Å². The fourth-order valence-electron chi connectivity index (χ4n) is 1.49. The molecule has 0 amide bonds. The second kappa shape index (κ2) is 4.73. The topological polar surface area (TPSA) is 0 Å². The first kappa shape index (κ1) is 11.3. The molecule has 2 heteroatoms. The molecule has 0 unspecified atom stereocenters. The van der Waals surface area contributed by atoms with Gasteiger partial charge >= 0.3 is 0 Å². The number of rotatable bonds is 2. The van der Waals surface area contributed by atoms with E-state index in [0.717, 1.165) is 21.7 Å². The molecule has 0 aliphatic heterocycles. The summed E-state index contributed by atoms with van der Waals surface area (Å²) < 4.78 is 0. The predicted molar refractivity (Wildman–Crippen MR) is 71.0 cm³/mol. The van der Waals surface area contributed by atoms with Crippen LogP contribution in [0.2, 0.25) is 10.0 Å². The first-order valence-electron chi connectivity index (χ1n) is 4.87. The zero-order valence-corrected chi connectivity index (χ0v) is 10.1. The molecular formula is C14H10Cl2. The summed E-state index contributed by atoms with van der Waals surface area (Å²) >= 11 is 11.8. The van der Waals surface area contributed by atoms with Crippen LogP contribution in [0.1, 0.15) is 11.1 Å². The Hall–Kier alpha value is -1.24. The lowest BCUT2D eigenvalue weighted by Crippen LogP contribution is -1.85. The molecule has 0 heterocycles. The first-order chi connectivity index (χ1) is 7.66. The monoisotopic (exact) mass is 248 g/mol. The molecule has 2 aromatic carbocycles. The highest BCUT2D eigenvalue weighted by molar-refractivity contribution is 6.31. The number of hydrogen-bond donors (Lipinski definition) is 0. The Morgan fingerprint density at radius 1 is 0.812 bits per heavy atom. The molecular weight excluding hydrogens is 239 g/mol. The van der Waals surface area contributed by atoms with E-state index < -0.39 is 0 Å². The van der Waals surface area contributed by atoms with E-state index in [1.165, 1.54) is 0 Å². The minimum Gasteiger partial charge on any atom is -0.0906 e. The predicted octanol–water partition coefficient (Wildman–Crippen LogP) is 5.05. The second-order valence-corrected chi connectivity index (χ2v) is 4.37. The van der Waals surface area contributed by atoms with E-state index in [1.54, 1.807) is 0 Å². The maximum Gasteiger partial charge on any atom is 0.0412 e. The normalized spacial score (nSPS) is 10.1. The smallest absolute Gasteiger partial charge is 0.0412 e. The molecule has 0 spiro atoms. The van der Waals surface area contributed by atoms with Gasteiger partial charge in [0.25, 0.3) is 0 Å². The minimum absolute atomic E-state index is 0.715. The van der Waals surface area contributed by atoms with Gasteiger partial charge in [-0.25, -0.2) is 0 Å². The Labute approximate surface area is 105 Å². The highest BCUT2D eigenvalue weighted by Gasteiger charge is 2.02. The third-order valence-electron chi connectivity index (χ3n) is 2.37. The third-order valence-corrected chi connectivity index (χ3v) is 2.85. The Kier molecular flexibility index (Phi) is 3.33. The molecule has 0 radical (unpaired) electrons. The second-order valence-electron chi connectivity index (χ2n) is 3.50. The quantitative estimate of drug-likeness (QED) is 0.698. The average molecular weight is 249 g/mol. The van der Waals surface area contributed by atoms with Crippen molar-refractivity contribution in [1.82, 2.24) is 0 Å². The van der Waals surface area contributed by atoms with Crippen LogP contribution in [0, 0.1) is 0 Å². The average Bonchev–Trinajstić information content (AvgIpc) is 2.29. The van der Waals surface area contributed by atoms with Crippen LogP contribution < -0.4 is 0 Å². The van der Waals surface area contributed by atoms with Crippen molar-refractivity contribution in [3.8, 4) is 0 Å². The lowest BCUT2D eigenvalue weighted by molar-refractivity contribution is 1.56. The van der Waals surface area contributed by atoms with Crippen LogP contribution in [0.25, 0.3) is 5.57 Å². The van der Waals surface area contributed by atoms with Gasteiger partial charge < -0.3 is 0 Å². The molecule has 2 rings (SSSR count). The first-order valence-corrected chi connectivity index (χ1v) is 5.63. The fraction of sp³-hybridized carbons (Fsp3) is 0. The summed E-state index contributed by atoms with van der Waals surface area (Å²) in [6.45, 7) is 4.06. The van der Waals surface area contributed by atoms with Crippen LogP contribution in [-0.2, 0) is 0 Å². The Balaban J connectivity index is 2.35. The van der Waals surface area contributed by atoms with Crippen LogP contribution in [0.15, 0.2) is 55.1 Å². The Morgan fingerprint density at radius 2 is 1.50 bits per heavy atom. The zero-order chi connectivity index (χ0) is 11.5. The molecule has 0 aliphatic carbocycles. The maximum absolute atomic E-state index is 5.94. The SMILES string of the molecule is C=C(c1ccc(Cl)cc1)c1cccc(Cl)c1. The van der Waals surface area contributed by atoms with E-state index >= 15 is 0 Å². The highest BCUT2D eigenvalue weighted by Crippen LogP contribution is 2.24.